The van der Waals surface area contributed by atoms with Gasteiger partial charge in [0.25, 0.3) is 5.91 Å². The van der Waals surface area contributed by atoms with Gasteiger partial charge in [-0.05, 0) is 46.2 Å². The minimum atomic E-state index is -0.0636. The fourth-order valence-corrected chi connectivity index (χ4v) is 3.35. The molecule has 130 valence electrons. The first-order valence-corrected chi connectivity index (χ1v) is 8.92. The van der Waals surface area contributed by atoms with E-state index in [2.05, 4.69) is 41.1 Å². The van der Waals surface area contributed by atoms with Gasteiger partial charge in [0.2, 0.25) is 0 Å². The number of carbonyl (C=O) groups excluding carboxylic acids is 1. The van der Waals surface area contributed by atoms with Gasteiger partial charge in [-0.25, -0.2) is 9.67 Å². The van der Waals surface area contributed by atoms with E-state index in [0.29, 0.717) is 18.2 Å². The number of hydrogen-bond donors (Lipinski definition) is 1. The average molecular weight is 329 g/mol. The summed E-state index contributed by atoms with van der Waals surface area (Å²) in [7, 11) is 0. The zero-order valence-corrected chi connectivity index (χ0v) is 14.8. The summed E-state index contributed by atoms with van der Waals surface area (Å²) in [5, 5.41) is 8.26. The molecule has 2 aromatic rings. The van der Waals surface area contributed by atoms with E-state index in [-0.39, 0.29) is 11.9 Å². The van der Waals surface area contributed by atoms with E-state index in [4.69, 9.17) is 0 Å². The number of hydrogen-bond acceptors (Lipinski definition) is 4. The van der Waals surface area contributed by atoms with Crippen molar-refractivity contribution in [2.45, 2.75) is 52.1 Å². The van der Waals surface area contributed by atoms with Crippen LogP contribution in [0.5, 0.6) is 0 Å². The standard InChI is InChI=1S/C18H27N5O/c1-13(2)23-17-15(12-21-23)10-16(11-20-17)18(24)19-7-9-22-8-5-4-6-14(22)3/h10-14H,4-9H2,1-3H3,(H,19,24)/t14-/m0/s1. The van der Waals surface area contributed by atoms with Crippen molar-refractivity contribution in [1.29, 1.82) is 0 Å². The highest BCUT2D eigenvalue weighted by Crippen LogP contribution is 2.17. The summed E-state index contributed by atoms with van der Waals surface area (Å²) in [6.45, 7) is 9.12. The van der Waals surface area contributed by atoms with E-state index < -0.39 is 0 Å². The Morgan fingerprint density at radius 2 is 2.21 bits per heavy atom. The van der Waals surface area contributed by atoms with Crippen LogP contribution in [-0.4, -0.2) is 51.2 Å². The van der Waals surface area contributed by atoms with E-state index in [9.17, 15) is 4.79 Å². The van der Waals surface area contributed by atoms with Gasteiger partial charge in [0.1, 0.15) is 0 Å². The van der Waals surface area contributed by atoms with Crippen LogP contribution in [0.3, 0.4) is 0 Å². The lowest BCUT2D eigenvalue weighted by Crippen LogP contribution is -2.42. The molecule has 1 amide bonds. The number of piperidine rings is 1. The summed E-state index contributed by atoms with van der Waals surface area (Å²) in [6.07, 6.45) is 7.25. The lowest BCUT2D eigenvalue weighted by Gasteiger charge is -2.33. The van der Waals surface area contributed by atoms with Gasteiger partial charge in [0.05, 0.1) is 11.8 Å². The lowest BCUT2D eigenvalue weighted by molar-refractivity contribution is 0.0938. The quantitative estimate of drug-likeness (QED) is 0.916. The number of nitrogens with one attached hydrogen (secondary N) is 1. The molecule has 3 rings (SSSR count). The third-order valence-electron chi connectivity index (χ3n) is 4.81. The Morgan fingerprint density at radius 1 is 1.38 bits per heavy atom. The summed E-state index contributed by atoms with van der Waals surface area (Å²) >= 11 is 0. The average Bonchev–Trinajstić information content (AvgIpc) is 2.99. The maximum atomic E-state index is 12.4. The molecular weight excluding hydrogens is 302 g/mol. The van der Waals surface area contributed by atoms with Gasteiger partial charge in [-0.1, -0.05) is 6.42 Å². The highest BCUT2D eigenvalue weighted by atomic mass is 16.1. The third kappa shape index (κ3) is 3.59. The van der Waals surface area contributed by atoms with Gasteiger partial charge >= 0.3 is 0 Å². The number of carbonyl (C=O) groups is 1. The molecule has 6 nitrogen and oxygen atoms in total. The molecule has 24 heavy (non-hydrogen) atoms. The fraction of sp³-hybridized carbons (Fsp3) is 0.611. The molecule has 0 saturated carbocycles. The van der Waals surface area contributed by atoms with Gasteiger partial charge in [-0.3, -0.25) is 9.69 Å². The van der Waals surface area contributed by atoms with Crippen LogP contribution in [0.4, 0.5) is 0 Å². The highest BCUT2D eigenvalue weighted by molar-refractivity contribution is 5.96. The molecule has 1 saturated heterocycles. The molecule has 0 radical (unpaired) electrons. The van der Waals surface area contributed by atoms with Crippen molar-refractivity contribution < 1.29 is 4.79 Å². The van der Waals surface area contributed by atoms with Crippen LogP contribution in [0.25, 0.3) is 11.0 Å². The van der Waals surface area contributed by atoms with Gasteiger partial charge in [0.15, 0.2) is 5.65 Å². The number of aromatic nitrogens is 3. The number of pyridine rings is 1. The Balaban J connectivity index is 1.59. The molecule has 0 aliphatic carbocycles. The second-order valence-electron chi connectivity index (χ2n) is 6.96. The van der Waals surface area contributed by atoms with Crippen LogP contribution < -0.4 is 5.32 Å². The third-order valence-corrected chi connectivity index (χ3v) is 4.81. The van der Waals surface area contributed by atoms with Crippen molar-refractivity contribution in [2.75, 3.05) is 19.6 Å². The molecular formula is C18H27N5O. The van der Waals surface area contributed by atoms with Crippen molar-refractivity contribution in [2.24, 2.45) is 0 Å². The number of nitrogens with zero attached hydrogens (tertiary/aromatic N) is 4. The van der Waals surface area contributed by atoms with Crippen molar-refractivity contribution in [1.82, 2.24) is 25.0 Å². The summed E-state index contributed by atoms with van der Waals surface area (Å²) < 4.78 is 1.87. The normalized spacial score (nSPS) is 19.1. The lowest BCUT2D eigenvalue weighted by atomic mass is 10.0. The predicted molar refractivity (Wildman–Crippen MR) is 95.1 cm³/mol. The van der Waals surface area contributed by atoms with Crippen molar-refractivity contribution in [3.05, 3.63) is 24.0 Å². The summed E-state index contributed by atoms with van der Waals surface area (Å²) in [6, 6.07) is 2.74. The highest BCUT2D eigenvalue weighted by Gasteiger charge is 2.18. The molecule has 0 unspecified atom stereocenters. The second kappa shape index (κ2) is 7.30. The Kier molecular flexibility index (Phi) is 5.14. The monoisotopic (exact) mass is 329 g/mol. The maximum absolute atomic E-state index is 12.4. The van der Waals surface area contributed by atoms with Gasteiger partial charge in [0, 0.05) is 36.8 Å². The molecule has 0 spiro atoms. The van der Waals surface area contributed by atoms with E-state index in [1.807, 2.05) is 10.7 Å². The fourth-order valence-electron chi connectivity index (χ4n) is 3.35. The number of likely N-dealkylation sites (tertiary alicyclic amines) is 1. The first kappa shape index (κ1) is 16.9. The molecule has 1 N–H and O–H groups in total. The predicted octanol–water partition coefficient (Wildman–Crippen LogP) is 2.62. The molecule has 2 aromatic heterocycles. The largest absolute Gasteiger partial charge is 0.351 e. The van der Waals surface area contributed by atoms with E-state index in [1.165, 1.54) is 19.3 Å². The van der Waals surface area contributed by atoms with Crippen LogP contribution in [0, 0.1) is 0 Å². The molecule has 3 heterocycles. The van der Waals surface area contributed by atoms with Gasteiger partial charge in [-0.15, -0.1) is 0 Å². The smallest absolute Gasteiger partial charge is 0.252 e. The molecule has 1 atom stereocenters. The Hall–Kier alpha value is -1.95. The molecule has 0 bridgehead atoms. The van der Waals surface area contributed by atoms with Crippen molar-refractivity contribution >= 4 is 16.9 Å². The molecule has 0 aromatic carbocycles. The molecule has 6 heteroatoms. The first-order chi connectivity index (χ1) is 11.6. The maximum Gasteiger partial charge on any atom is 0.252 e. The van der Waals surface area contributed by atoms with E-state index in [0.717, 1.165) is 24.1 Å². The SMILES string of the molecule is CC(C)n1ncc2cc(C(=O)NCCN3CCCC[C@@H]3C)cnc21. The Bertz CT molecular complexity index is 708. The van der Waals surface area contributed by atoms with Gasteiger partial charge < -0.3 is 5.32 Å². The number of amides is 1. The number of fused-ring (bicyclic) bond motifs is 1. The van der Waals surface area contributed by atoms with Crippen LogP contribution in [0.15, 0.2) is 18.5 Å². The van der Waals surface area contributed by atoms with Crippen molar-refractivity contribution in [3.63, 3.8) is 0 Å². The minimum Gasteiger partial charge on any atom is -0.351 e. The molecule has 1 aliphatic rings. The summed E-state index contributed by atoms with van der Waals surface area (Å²) in [5.41, 5.74) is 1.42. The zero-order valence-electron chi connectivity index (χ0n) is 14.8. The Labute approximate surface area is 143 Å². The van der Waals surface area contributed by atoms with E-state index >= 15 is 0 Å². The minimum absolute atomic E-state index is 0.0636. The molecule has 1 fully saturated rings. The van der Waals surface area contributed by atoms with Crippen molar-refractivity contribution in [3.8, 4) is 0 Å². The topological polar surface area (TPSA) is 63.1 Å². The molecule has 1 aliphatic heterocycles. The first-order valence-electron chi connectivity index (χ1n) is 8.92. The van der Waals surface area contributed by atoms with E-state index in [1.54, 1.807) is 12.4 Å². The van der Waals surface area contributed by atoms with Crippen LogP contribution in [-0.2, 0) is 0 Å². The second-order valence-corrected chi connectivity index (χ2v) is 6.96. The summed E-state index contributed by atoms with van der Waals surface area (Å²) in [5.74, 6) is -0.0636. The summed E-state index contributed by atoms with van der Waals surface area (Å²) in [4.78, 5) is 19.2. The van der Waals surface area contributed by atoms with Crippen LogP contribution in [0.2, 0.25) is 0 Å². The Morgan fingerprint density at radius 3 is 2.96 bits per heavy atom. The van der Waals surface area contributed by atoms with Crippen LogP contribution in [0.1, 0.15) is 56.4 Å². The van der Waals surface area contributed by atoms with Crippen LogP contribution >= 0.6 is 0 Å². The van der Waals surface area contributed by atoms with Gasteiger partial charge in [-0.2, -0.15) is 5.10 Å². The zero-order chi connectivity index (χ0) is 17.1. The number of rotatable bonds is 5.